The first kappa shape index (κ1) is 21.7. The van der Waals surface area contributed by atoms with E-state index in [-0.39, 0.29) is 18.0 Å². The summed E-state index contributed by atoms with van der Waals surface area (Å²) in [5.41, 5.74) is 2.38. The van der Waals surface area contributed by atoms with Crippen molar-refractivity contribution in [1.82, 2.24) is 4.57 Å². The fourth-order valence-electron chi connectivity index (χ4n) is 3.46. The van der Waals surface area contributed by atoms with Gasteiger partial charge in [-0.15, -0.1) is 11.3 Å². The van der Waals surface area contributed by atoms with Crippen molar-refractivity contribution in [2.45, 2.75) is 38.3 Å². The summed E-state index contributed by atoms with van der Waals surface area (Å²) in [7, 11) is 2.04. The molecule has 0 unspecified atom stereocenters. The molecule has 2 aromatic heterocycles. The molecule has 3 heterocycles. The molecule has 0 spiro atoms. The number of hydrogen-bond donors (Lipinski definition) is 0. The number of benzene rings is 1. The molecular weight excluding hydrogens is 422 g/mol. The molecule has 7 heteroatoms. The van der Waals surface area contributed by atoms with Crippen LogP contribution in [0.1, 0.15) is 26.0 Å². The number of fused-ring (bicyclic) bond motifs is 1. The average Bonchev–Trinajstić information content (AvgIpc) is 3.20. The molecule has 1 aliphatic heterocycles. The van der Waals surface area contributed by atoms with Crippen LogP contribution < -0.4 is 36.6 Å². The predicted molar refractivity (Wildman–Crippen MR) is 118 cm³/mol. The van der Waals surface area contributed by atoms with Gasteiger partial charge in [0.1, 0.15) is 20.8 Å². The number of pyridine rings is 1. The van der Waals surface area contributed by atoms with E-state index in [1.165, 1.54) is 4.90 Å². The zero-order valence-corrected chi connectivity index (χ0v) is 19.2. The summed E-state index contributed by atoms with van der Waals surface area (Å²) < 4.78 is 5.93. The zero-order valence-electron chi connectivity index (χ0n) is 16.8. The number of nitrogens with zero attached hydrogens (tertiary/aromatic N) is 3. The van der Waals surface area contributed by atoms with Crippen LogP contribution in [0.5, 0.6) is 0 Å². The quantitative estimate of drug-likeness (QED) is 0.519. The molecule has 3 aromatic rings. The van der Waals surface area contributed by atoms with Gasteiger partial charge >= 0.3 is 0 Å². The summed E-state index contributed by atoms with van der Waals surface area (Å²) in [5, 5.41) is 1.02. The number of aromatic nitrogens is 2. The van der Waals surface area contributed by atoms with E-state index in [9.17, 15) is 4.79 Å². The minimum absolute atomic E-state index is 0. The Hall–Kier alpha value is -2.02. The highest BCUT2D eigenvalue weighted by Crippen LogP contribution is 2.44. The Labute approximate surface area is 185 Å². The summed E-state index contributed by atoms with van der Waals surface area (Å²) in [6.07, 6.45) is 5.32. The first-order chi connectivity index (χ1) is 13.6. The third-order valence-electron chi connectivity index (χ3n) is 4.87. The number of hydrogen-bond acceptors (Lipinski definition) is 4. The van der Waals surface area contributed by atoms with Gasteiger partial charge < -0.3 is 17.3 Å². The molecule has 0 fully saturated rings. The number of aryl methyl sites for hydroxylation is 1. The van der Waals surface area contributed by atoms with Gasteiger partial charge in [-0.05, 0) is 25.1 Å². The molecule has 4 rings (SSSR count). The molecule has 0 N–H and O–H groups in total. The van der Waals surface area contributed by atoms with E-state index >= 15 is 0 Å². The van der Waals surface area contributed by atoms with Gasteiger partial charge in [-0.1, -0.05) is 30.8 Å². The highest BCUT2D eigenvalue weighted by atomic mass is 35.5. The number of thiazole rings is 1. The summed E-state index contributed by atoms with van der Waals surface area (Å²) in [5.74, 6) is 0. The molecule has 0 aliphatic carbocycles. The van der Waals surface area contributed by atoms with Crippen molar-refractivity contribution in [3.05, 3.63) is 73.9 Å². The third kappa shape index (κ3) is 4.02. The first-order valence-electron chi connectivity index (χ1n) is 9.58. The van der Waals surface area contributed by atoms with Crippen molar-refractivity contribution in [2.24, 2.45) is 0 Å². The molecule has 0 saturated carbocycles. The highest BCUT2D eigenvalue weighted by molar-refractivity contribution is 8.08. The molecule has 0 atom stereocenters. The third-order valence-corrected chi connectivity index (χ3v) is 7.36. The maximum absolute atomic E-state index is 13.2. The van der Waals surface area contributed by atoms with Gasteiger partial charge in [-0.25, -0.2) is 0 Å². The first-order valence-corrected chi connectivity index (χ1v) is 11.2. The zero-order chi connectivity index (χ0) is 19.7. The van der Waals surface area contributed by atoms with Crippen LogP contribution in [0, 0.1) is 0 Å². The molecule has 0 saturated heterocycles. The molecule has 0 amide bonds. The second-order valence-corrected chi connectivity index (χ2v) is 8.78. The van der Waals surface area contributed by atoms with E-state index in [0.29, 0.717) is 6.54 Å². The maximum atomic E-state index is 13.2. The normalized spacial score (nSPS) is 15.4. The van der Waals surface area contributed by atoms with Crippen LogP contribution in [0.3, 0.4) is 0 Å². The molecule has 1 aliphatic rings. The second-order valence-electron chi connectivity index (χ2n) is 6.72. The molecule has 29 heavy (non-hydrogen) atoms. The van der Waals surface area contributed by atoms with Crippen molar-refractivity contribution in [1.29, 1.82) is 0 Å². The Bertz CT molecular complexity index is 1200. The van der Waals surface area contributed by atoms with Gasteiger partial charge in [0, 0.05) is 43.1 Å². The molecule has 0 bridgehead atoms. The highest BCUT2D eigenvalue weighted by Gasteiger charge is 2.24. The second kappa shape index (κ2) is 9.20. The van der Waals surface area contributed by atoms with Crippen LogP contribution in [0.25, 0.3) is 11.1 Å². The Balaban J connectivity index is 0.00000240. The predicted octanol–water partition coefficient (Wildman–Crippen LogP) is -0.232. The monoisotopic (exact) mass is 445 g/mol. The summed E-state index contributed by atoms with van der Waals surface area (Å²) in [6.45, 7) is 5.84. The van der Waals surface area contributed by atoms with Crippen LogP contribution >= 0.6 is 23.1 Å². The number of para-hydroxylation sites is 1. The number of rotatable bonds is 4. The lowest BCUT2D eigenvalue weighted by Crippen LogP contribution is -3.00. The Kier molecular flexibility index (Phi) is 6.88. The van der Waals surface area contributed by atoms with Gasteiger partial charge in [0.2, 0.25) is 5.69 Å². The van der Waals surface area contributed by atoms with E-state index in [0.717, 1.165) is 38.6 Å². The summed E-state index contributed by atoms with van der Waals surface area (Å²) >= 11 is 3.27. The fraction of sp³-hybridized carbons (Fsp3) is 0.273. The van der Waals surface area contributed by atoms with E-state index < -0.39 is 0 Å². The Morgan fingerprint density at radius 2 is 1.86 bits per heavy atom. The lowest BCUT2D eigenvalue weighted by Gasteiger charge is -2.11. The number of thioether (sulfide) groups is 1. The van der Waals surface area contributed by atoms with E-state index in [1.807, 2.05) is 36.7 Å². The molecule has 1 aromatic carbocycles. The Morgan fingerprint density at radius 1 is 1.10 bits per heavy atom. The van der Waals surface area contributed by atoms with Crippen molar-refractivity contribution < 1.29 is 17.0 Å². The minimum atomic E-state index is 0. The Morgan fingerprint density at radius 3 is 2.59 bits per heavy atom. The van der Waals surface area contributed by atoms with Crippen LogP contribution in [0.2, 0.25) is 0 Å². The minimum Gasteiger partial charge on any atom is -1.00 e. The van der Waals surface area contributed by atoms with Crippen molar-refractivity contribution >= 4 is 39.9 Å². The van der Waals surface area contributed by atoms with Gasteiger partial charge in [0.15, 0.2) is 6.20 Å². The van der Waals surface area contributed by atoms with Crippen molar-refractivity contribution in [3.8, 4) is 0 Å². The largest absolute Gasteiger partial charge is 1.00 e. The number of anilines is 1. The smallest absolute Gasteiger partial charge is 0.271 e. The van der Waals surface area contributed by atoms with Crippen molar-refractivity contribution in [2.75, 3.05) is 11.9 Å². The topological polar surface area (TPSA) is 29.1 Å². The van der Waals surface area contributed by atoms with Crippen LogP contribution in [0.15, 0.2) is 58.4 Å². The van der Waals surface area contributed by atoms with E-state index in [4.69, 9.17) is 0 Å². The van der Waals surface area contributed by atoms with E-state index in [2.05, 4.69) is 52.9 Å². The van der Waals surface area contributed by atoms with Gasteiger partial charge in [-0.2, -0.15) is 4.57 Å². The van der Waals surface area contributed by atoms with Gasteiger partial charge in [-0.3, -0.25) is 9.36 Å². The lowest BCUT2D eigenvalue weighted by atomic mass is 10.3. The van der Waals surface area contributed by atoms with E-state index in [1.54, 1.807) is 23.1 Å². The molecule has 152 valence electrons. The van der Waals surface area contributed by atoms with Crippen LogP contribution in [0.4, 0.5) is 5.69 Å². The fourth-order valence-corrected chi connectivity index (χ4v) is 5.92. The van der Waals surface area contributed by atoms with Crippen LogP contribution in [-0.4, -0.2) is 11.6 Å². The molecular formula is C22H24ClN3OS2. The average molecular weight is 446 g/mol. The van der Waals surface area contributed by atoms with Gasteiger partial charge in [0.05, 0.1) is 5.69 Å². The van der Waals surface area contributed by atoms with Gasteiger partial charge in [0.25, 0.3) is 5.56 Å². The number of halogens is 1. The van der Waals surface area contributed by atoms with Crippen LogP contribution in [-0.2, 0) is 13.1 Å². The SMILES string of the molecule is CCC[n+]1ccccc1/C=c1\s/c(=C2/Sc3ccccc3N2C)c(=O)n1CC.[Cl-]. The standard InChI is InChI=1S/C22H24N3OS2.ClH/c1-4-13-24-14-9-8-10-16(24)15-19-25(5-2)21(26)20(28-19)22-23(3)17-11-6-7-12-18(17)27-22;/h6-12,14-15H,4-5,13H2,1-3H3;1H/q+1;/p-1/b22-20+;. The van der Waals surface area contributed by atoms with Crippen molar-refractivity contribution in [3.63, 3.8) is 0 Å². The summed E-state index contributed by atoms with van der Waals surface area (Å²) in [6, 6.07) is 14.5. The summed E-state index contributed by atoms with van der Waals surface area (Å²) in [4.78, 5) is 16.5. The maximum Gasteiger partial charge on any atom is 0.271 e. The molecule has 0 radical (unpaired) electrons. The molecule has 4 nitrogen and oxygen atoms in total. The lowest BCUT2D eigenvalue weighted by molar-refractivity contribution is -0.698.